The number of thiocarbonyl (C=S) groups is 1. The first kappa shape index (κ1) is 16.1. The number of rotatable bonds is 1. The Labute approximate surface area is 153 Å². The number of nitrogens with two attached hydrogens (primary N) is 2. The van der Waals surface area contributed by atoms with E-state index >= 15 is 0 Å². The van der Waals surface area contributed by atoms with Gasteiger partial charge < -0.3 is 31.8 Å². The average Bonchev–Trinajstić information content (AvgIpc) is 2.61. The third-order valence-corrected chi connectivity index (χ3v) is 4.66. The number of dihydropyridines is 1. The van der Waals surface area contributed by atoms with Crippen LogP contribution in [0.5, 0.6) is 0 Å². The zero-order valence-corrected chi connectivity index (χ0v) is 14.2. The predicted molar refractivity (Wildman–Crippen MR) is 99.1 cm³/mol. The number of allylic oxidation sites excluding steroid dienone is 1. The topological polar surface area (TPSA) is 142 Å². The van der Waals surface area contributed by atoms with Crippen LogP contribution in [0.4, 0.5) is 0 Å². The van der Waals surface area contributed by atoms with Crippen molar-refractivity contribution in [1.82, 2.24) is 16.0 Å². The summed E-state index contributed by atoms with van der Waals surface area (Å²) in [6.45, 7) is 0. The Bertz CT molecular complexity index is 1110. The van der Waals surface area contributed by atoms with Gasteiger partial charge in [0.2, 0.25) is 0 Å². The summed E-state index contributed by atoms with van der Waals surface area (Å²) in [6, 6.07) is 8.98. The quantitative estimate of drug-likeness (QED) is 0.446. The van der Waals surface area contributed by atoms with Crippen LogP contribution in [0.15, 0.2) is 62.5 Å². The van der Waals surface area contributed by atoms with E-state index in [-0.39, 0.29) is 22.4 Å². The Balaban J connectivity index is 1.99. The fourth-order valence-corrected chi connectivity index (χ4v) is 3.51. The van der Waals surface area contributed by atoms with E-state index in [1.165, 1.54) is 6.26 Å². The van der Waals surface area contributed by atoms with Gasteiger partial charge in [-0.15, -0.1) is 0 Å². The van der Waals surface area contributed by atoms with Crippen molar-refractivity contribution in [3.8, 4) is 6.07 Å². The van der Waals surface area contributed by atoms with E-state index in [1.807, 2.05) is 0 Å². The molecule has 130 valence electrons. The van der Waals surface area contributed by atoms with Crippen LogP contribution >= 0.6 is 12.2 Å². The Morgan fingerprint density at radius 2 is 2.04 bits per heavy atom. The molecular formula is C17H14N6O2S. The minimum Gasteiger partial charge on any atom is -0.464 e. The summed E-state index contributed by atoms with van der Waals surface area (Å²) in [5.74, 6) is -0.154. The van der Waals surface area contributed by atoms with E-state index in [1.54, 1.807) is 24.3 Å². The first-order chi connectivity index (χ1) is 12.5. The van der Waals surface area contributed by atoms with Crippen molar-refractivity contribution in [2.45, 2.75) is 12.1 Å². The maximum Gasteiger partial charge on any atom is 0.196 e. The van der Waals surface area contributed by atoms with Crippen molar-refractivity contribution < 1.29 is 4.42 Å². The van der Waals surface area contributed by atoms with Crippen molar-refractivity contribution in [2.24, 2.45) is 11.5 Å². The van der Waals surface area contributed by atoms with Gasteiger partial charge in [-0.25, -0.2) is 0 Å². The smallest absolute Gasteiger partial charge is 0.196 e. The third-order valence-electron chi connectivity index (χ3n) is 4.44. The minimum absolute atomic E-state index is 0.133. The summed E-state index contributed by atoms with van der Waals surface area (Å²) < 4.78 is 5.62. The molecule has 26 heavy (non-hydrogen) atoms. The highest BCUT2D eigenvalue weighted by Gasteiger charge is 2.38. The van der Waals surface area contributed by atoms with Gasteiger partial charge in [-0.05, 0) is 24.4 Å². The molecule has 0 aliphatic carbocycles. The Hall–Kier alpha value is -3.35. The molecule has 4 rings (SSSR count). The molecule has 0 saturated carbocycles. The molecule has 2 unspecified atom stereocenters. The molecule has 2 atom stereocenters. The molecule has 8 nitrogen and oxygen atoms in total. The number of fused-ring (bicyclic) bond motifs is 1. The number of para-hydroxylation sites is 1. The standard InChI is InChI=1S/C17H14N6O2S/c18-5-8-11(9-6-25-10-4-2-1-3-7(10)13(9)24)12-15(20)22-17(26)23-16(12)21-14(8)19/h1-4,6,11,15,21H,19-20H2,(H2,22,23,26). The van der Waals surface area contributed by atoms with Crippen LogP contribution in [0.25, 0.3) is 11.0 Å². The first-order valence-corrected chi connectivity index (χ1v) is 8.16. The molecule has 7 N–H and O–H groups in total. The van der Waals surface area contributed by atoms with Crippen LogP contribution in [-0.4, -0.2) is 11.3 Å². The maximum atomic E-state index is 13.1. The maximum absolute atomic E-state index is 13.1. The molecule has 0 bridgehead atoms. The summed E-state index contributed by atoms with van der Waals surface area (Å²) in [5.41, 5.74) is 13.5. The zero-order chi connectivity index (χ0) is 18.4. The number of nitrogens with one attached hydrogen (secondary N) is 3. The van der Waals surface area contributed by atoms with Crippen LogP contribution in [0.2, 0.25) is 0 Å². The molecule has 1 aromatic heterocycles. The lowest BCUT2D eigenvalue weighted by atomic mass is 9.81. The molecule has 2 aliphatic rings. The fourth-order valence-electron chi connectivity index (χ4n) is 3.28. The van der Waals surface area contributed by atoms with Crippen molar-refractivity contribution in [2.75, 3.05) is 0 Å². The van der Waals surface area contributed by atoms with Crippen molar-refractivity contribution >= 4 is 28.3 Å². The van der Waals surface area contributed by atoms with Gasteiger partial charge in [0.05, 0.1) is 29.2 Å². The molecule has 0 fully saturated rings. The van der Waals surface area contributed by atoms with Crippen LogP contribution < -0.4 is 32.8 Å². The summed E-state index contributed by atoms with van der Waals surface area (Å²) >= 11 is 5.11. The summed E-state index contributed by atoms with van der Waals surface area (Å²) in [7, 11) is 0. The van der Waals surface area contributed by atoms with Gasteiger partial charge in [-0.1, -0.05) is 12.1 Å². The highest BCUT2D eigenvalue weighted by molar-refractivity contribution is 7.80. The van der Waals surface area contributed by atoms with Gasteiger partial charge in [0, 0.05) is 11.1 Å². The third kappa shape index (κ3) is 2.32. The minimum atomic E-state index is -0.754. The molecule has 0 radical (unpaired) electrons. The lowest BCUT2D eigenvalue weighted by Gasteiger charge is -2.37. The lowest BCUT2D eigenvalue weighted by Crippen LogP contribution is -2.57. The molecule has 1 aromatic carbocycles. The van der Waals surface area contributed by atoms with Crippen LogP contribution in [0, 0.1) is 11.3 Å². The van der Waals surface area contributed by atoms with E-state index in [2.05, 4.69) is 22.0 Å². The molecule has 3 heterocycles. The molecular weight excluding hydrogens is 352 g/mol. The highest BCUT2D eigenvalue weighted by atomic mass is 32.1. The van der Waals surface area contributed by atoms with Crippen LogP contribution in [-0.2, 0) is 0 Å². The Morgan fingerprint density at radius 3 is 2.81 bits per heavy atom. The van der Waals surface area contributed by atoms with Gasteiger partial charge in [0.25, 0.3) is 0 Å². The second-order valence-electron chi connectivity index (χ2n) is 5.92. The zero-order valence-electron chi connectivity index (χ0n) is 13.4. The van der Waals surface area contributed by atoms with Gasteiger partial charge in [0.15, 0.2) is 10.5 Å². The van der Waals surface area contributed by atoms with E-state index in [4.69, 9.17) is 28.1 Å². The Kier molecular flexibility index (Phi) is 3.64. The number of nitriles is 1. The summed E-state index contributed by atoms with van der Waals surface area (Å²) in [4.78, 5) is 13.1. The predicted octanol–water partition coefficient (Wildman–Crippen LogP) is 0.148. The van der Waals surface area contributed by atoms with Crippen molar-refractivity contribution in [3.05, 3.63) is 69.1 Å². The first-order valence-electron chi connectivity index (χ1n) is 7.75. The van der Waals surface area contributed by atoms with E-state index in [0.717, 1.165) is 0 Å². The lowest BCUT2D eigenvalue weighted by molar-refractivity contribution is 0.562. The van der Waals surface area contributed by atoms with Crippen LogP contribution in [0.1, 0.15) is 11.5 Å². The number of hydrogen-bond acceptors (Lipinski definition) is 7. The monoisotopic (exact) mass is 366 g/mol. The molecule has 0 amide bonds. The van der Waals surface area contributed by atoms with Crippen LogP contribution in [0.3, 0.4) is 0 Å². The molecule has 9 heteroatoms. The molecule has 2 aromatic rings. The van der Waals surface area contributed by atoms with Crippen molar-refractivity contribution in [3.63, 3.8) is 0 Å². The second-order valence-corrected chi connectivity index (χ2v) is 6.33. The van der Waals surface area contributed by atoms with Gasteiger partial charge in [-0.3, -0.25) is 4.79 Å². The number of hydrogen-bond donors (Lipinski definition) is 5. The second kappa shape index (κ2) is 5.87. The van der Waals surface area contributed by atoms with Gasteiger partial charge >= 0.3 is 0 Å². The molecule has 2 aliphatic heterocycles. The van der Waals surface area contributed by atoms with E-state index in [9.17, 15) is 10.1 Å². The van der Waals surface area contributed by atoms with E-state index in [0.29, 0.717) is 27.5 Å². The SMILES string of the molecule is N#CC1=C(N)NC2=C(C(N)NC(=S)N2)C1c1coc2ccccc2c1=O. The number of benzene rings is 1. The van der Waals surface area contributed by atoms with E-state index < -0.39 is 12.1 Å². The average molecular weight is 366 g/mol. The molecule has 0 saturated heterocycles. The fraction of sp³-hybridized carbons (Fsp3) is 0.118. The normalized spacial score (nSPS) is 22.2. The highest BCUT2D eigenvalue weighted by Crippen LogP contribution is 2.37. The van der Waals surface area contributed by atoms with Gasteiger partial charge in [-0.2, -0.15) is 5.26 Å². The Morgan fingerprint density at radius 1 is 1.27 bits per heavy atom. The summed E-state index contributed by atoms with van der Waals surface area (Å²) in [6.07, 6.45) is 0.661. The number of nitrogens with zero attached hydrogens (tertiary/aromatic N) is 1. The molecule has 0 spiro atoms. The van der Waals surface area contributed by atoms with Crippen molar-refractivity contribution in [1.29, 1.82) is 5.26 Å². The van der Waals surface area contributed by atoms with Gasteiger partial charge in [0.1, 0.15) is 23.4 Å². The largest absolute Gasteiger partial charge is 0.464 e. The summed E-state index contributed by atoms with van der Waals surface area (Å²) in [5, 5.41) is 19.1.